The maximum atomic E-state index is 4.29. The van der Waals surface area contributed by atoms with Crippen LogP contribution in [0, 0.1) is 10.5 Å². The van der Waals surface area contributed by atoms with Gasteiger partial charge in [-0.2, -0.15) is 0 Å². The van der Waals surface area contributed by atoms with E-state index >= 15 is 0 Å². The summed E-state index contributed by atoms with van der Waals surface area (Å²) in [5, 5.41) is 0. The molecule has 0 aliphatic carbocycles. The molecular weight excluding hydrogens is 263 g/mol. The van der Waals surface area contributed by atoms with Crippen molar-refractivity contribution in [1.29, 1.82) is 0 Å². The smallest absolute Gasteiger partial charge is 0.116 e. The Morgan fingerprint density at radius 2 is 1.83 bits per heavy atom. The molecule has 12 heavy (non-hydrogen) atoms. The minimum atomic E-state index is 0.115. The van der Waals surface area contributed by atoms with Crippen molar-refractivity contribution in [1.82, 2.24) is 9.97 Å². The summed E-state index contributed by atoms with van der Waals surface area (Å²) in [5.41, 5.74) is 2.32. The molecule has 0 atom stereocenters. The monoisotopic (exact) mass is 276 g/mol. The van der Waals surface area contributed by atoms with Gasteiger partial charge in [0.05, 0.1) is 15.0 Å². The van der Waals surface area contributed by atoms with Gasteiger partial charge < -0.3 is 0 Å². The molecule has 0 aromatic carbocycles. The molecule has 0 bridgehead atoms. The third-order valence-corrected chi connectivity index (χ3v) is 2.97. The third-order valence-electron chi connectivity index (χ3n) is 1.67. The Kier molecular flexibility index (Phi) is 2.70. The number of hydrogen-bond donors (Lipinski definition) is 0. The van der Waals surface area contributed by atoms with Crippen LogP contribution in [0.3, 0.4) is 0 Å². The Bertz CT molecular complexity index is 289. The van der Waals surface area contributed by atoms with E-state index in [1.807, 2.05) is 6.92 Å². The van der Waals surface area contributed by atoms with E-state index in [4.69, 9.17) is 0 Å². The van der Waals surface area contributed by atoms with E-state index in [2.05, 4.69) is 53.3 Å². The molecule has 0 aliphatic rings. The molecule has 0 fully saturated rings. The van der Waals surface area contributed by atoms with Gasteiger partial charge in [-0.05, 0) is 29.5 Å². The molecule has 0 saturated carbocycles. The van der Waals surface area contributed by atoms with Crippen LogP contribution in [0.2, 0.25) is 0 Å². The molecular formula is C9H13IN2. The molecule has 0 radical (unpaired) electrons. The fourth-order valence-electron chi connectivity index (χ4n) is 0.981. The van der Waals surface area contributed by atoms with Crippen LogP contribution >= 0.6 is 22.6 Å². The van der Waals surface area contributed by atoms with Crippen molar-refractivity contribution in [2.24, 2.45) is 0 Å². The van der Waals surface area contributed by atoms with Crippen LogP contribution in [0.1, 0.15) is 32.2 Å². The zero-order valence-electron chi connectivity index (χ0n) is 7.85. The molecule has 66 valence electrons. The normalized spacial score (nSPS) is 11.8. The average Bonchev–Trinajstić information content (AvgIpc) is 1.92. The van der Waals surface area contributed by atoms with Gasteiger partial charge in [-0.3, -0.25) is 0 Å². The van der Waals surface area contributed by atoms with E-state index in [9.17, 15) is 0 Å². The quantitative estimate of drug-likeness (QED) is 0.681. The van der Waals surface area contributed by atoms with Crippen LogP contribution in [0.4, 0.5) is 0 Å². The summed E-state index contributed by atoms with van der Waals surface area (Å²) in [6.07, 6.45) is 1.64. The maximum Gasteiger partial charge on any atom is 0.116 e. The van der Waals surface area contributed by atoms with Gasteiger partial charge in [-0.1, -0.05) is 20.8 Å². The highest BCUT2D eigenvalue weighted by molar-refractivity contribution is 14.1. The van der Waals surface area contributed by atoms with Crippen LogP contribution in [0.15, 0.2) is 6.33 Å². The molecule has 0 spiro atoms. The highest BCUT2D eigenvalue weighted by Gasteiger charge is 2.19. The summed E-state index contributed by atoms with van der Waals surface area (Å²) < 4.78 is 1.18. The number of halogens is 1. The first-order valence-corrected chi connectivity index (χ1v) is 4.98. The number of hydrogen-bond acceptors (Lipinski definition) is 2. The molecule has 1 aromatic heterocycles. The lowest BCUT2D eigenvalue weighted by atomic mass is 9.92. The zero-order valence-corrected chi connectivity index (χ0v) is 10.0. The maximum absolute atomic E-state index is 4.29. The van der Waals surface area contributed by atoms with Crippen molar-refractivity contribution < 1.29 is 0 Å². The van der Waals surface area contributed by atoms with Crippen LogP contribution in [0.25, 0.3) is 0 Å². The van der Waals surface area contributed by atoms with Gasteiger partial charge in [0.2, 0.25) is 0 Å². The zero-order chi connectivity index (χ0) is 9.35. The Morgan fingerprint density at radius 3 is 2.25 bits per heavy atom. The van der Waals surface area contributed by atoms with E-state index in [0.717, 1.165) is 11.4 Å². The fourth-order valence-corrected chi connectivity index (χ4v) is 2.07. The summed E-state index contributed by atoms with van der Waals surface area (Å²) >= 11 is 2.31. The van der Waals surface area contributed by atoms with Crippen molar-refractivity contribution >= 4 is 22.6 Å². The van der Waals surface area contributed by atoms with Crippen LogP contribution in [-0.4, -0.2) is 9.97 Å². The SMILES string of the molecule is Cc1ncnc(C(C)(C)C)c1I. The van der Waals surface area contributed by atoms with Gasteiger partial charge in [0.15, 0.2) is 0 Å². The van der Waals surface area contributed by atoms with Gasteiger partial charge in [-0.25, -0.2) is 9.97 Å². The van der Waals surface area contributed by atoms with Crippen molar-refractivity contribution in [2.75, 3.05) is 0 Å². The summed E-state index contributed by atoms with van der Waals surface area (Å²) in [7, 11) is 0. The lowest BCUT2D eigenvalue weighted by molar-refractivity contribution is 0.561. The third kappa shape index (κ3) is 1.94. The van der Waals surface area contributed by atoms with Gasteiger partial charge in [-0.15, -0.1) is 0 Å². The topological polar surface area (TPSA) is 25.8 Å². The predicted octanol–water partition coefficient (Wildman–Crippen LogP) is 2.69. The highest BCUT2D eigenvalue weighted by atomic mass is 127. The second kappa shape index (κ2) is 3.28. The molecule has 0 unspecified atom stereocenters. The number of aryl methyl sites for hydroxylation is 1. The summed E-state index contributed by atoms with van der Waals surface area (Å²) in [6, 6.07) is 0. The van der Waals surface area contributed by atoms with Crippen LogP contribution in [-0.2, 0) is 5.41 Å². The largest absolute Gasteiger partial charge is 0.241 e. The molecule has 0 amide bonds. The Balaban J connectivity index is 3.26. The minimum absolute atomic E-state index is 0.115. The summed E-state index contributed by atoms with van der Waals surface area (Å²) in [6.45, 7) is 8.50. The van der Waals surface area contributed by atoms with E-state index in [1.165, 1.54) is 3.57 Å². The van der Waals surface area contributed by atoms with Crippen molar-refractivity contribution in [3.63, 3.8) is 0 Å². The second-order valence-corrected chi connectivity index (χ2v) is 4.95. The van der Waals surface area contributed by atoms with E-state index in [-0.39, 0.29) is 5.41 Å². The first kappa shape index (κ1) is 9.89. The van der Waals surface area contributed by atoms with Gasteiger partial charge >= 0.3 is 0 Å². The Labute approximate surface area is 87.0 Å². The Hall–Kier alpha value is -0.190. The van der Waals surface area contributed by atoms with E-state index in [1.54, 1.807) is 6.33 Å². The molecule has 1 rings (SSSR count). The highest BCUT2D eigenvalue weighted by Crippen LogP contribution is 2.25. The average molecular weight is 276 g/mol. The molecule has 0 aliphatic heterocycles. The van der Waals surface area contributed by atoms with Crippen molar-refractivity contribution in [2.45, 2.75) is 33.1 Å². The predicted molar refractivity (Wildman–Crippen MR) is 58.2 cm³/mol. The summed E-state index contributed by atoms with van der Waals surface area (Å²) in [5.74, 6) is 0. The van der Waals surface area contributed by atoms with Crippen molar-refractivity contribution in [3.05, 3.63) is 21.3 Å². The molecule has 0 N–H and O–H groups in total. The lowest BCUT2D eigenvalue weighted by Crippen LogP contribution is -2.16. The van der Waals surface area contributed by atoms with Crippen molar-refractivity contribution in [3.8, 4) is 0 Å². The minimum Gasteiger partial charge on any atom is -0.241 e. The molecule has 1 heterocycles. The molecule has 3 heteroatoms. The lowest BCUT2D eigenvalue weighted by Gasteiger charge is -2.19. The van der Waals surface area contributed by atoms with Crippen LogP contribution in [0.5, 0.6) is 0 Å². The number of nitrogens with zero attached hydrogens (tertiary/aromatic N) is 2. The van der Waals surface area contributed by atoms with Gasteiger partial charge in [0.25, 0.3) is 0 Å². The van der Waals surface area contributed by atoms with E-state index in [0.29, 0.717) is 0 Å². The second-order valence-electron chi connectivity index (χ2n) is 3.87. The van der Waals surface area contributed by atoms with E-state index < -0.39 is 0 Å². The standard InChI is InChI=1S/C9H13IN2/c1-6-7(10)8(9(2,3)4)12-5-11-6/h5H,1-4H3. The number of aromatic nitrogens is 2. The van der Waals surface area contributed by atoms with Crippen LogP contribution < -0.4 is 0 Å². The number of rotatable bonds is 0. The molecule has 0 saturated heterocycles. The fraction of sp³-hybridized carbons (Fsp3) is 0.556. The first-order chi connectivity index (χ1) is 5.43. The first-order valence-electron chi connectivity index (χ1n) is 3.90. The Morgan fingerprint density at radius 1 is 1.25 bits per heavy atom. The molecule has 2 nitrogen and oxygen atoms in total. The van der Waals surface area contributed by atoms with Gasteiger partial charge in [0, 0.05) is 5.41 Å². The molecule has 1 aromatic rings. The summed E-state index contributed by atoms with van der Waals surface area (Å²) in [4.78, 5) is 8.43. The van der Waals surface area contributed by atoms with Gasteiger partial charge in [0.1, 0.15) is 6.33 Å².